The Morgan fingerprint density at radius 3 is 2.56 bits per heavy atom. The summed E-state index contributed by atoms with van der Waals surface area (Å²) in [6.45, 7) is 4.46. The van der Waals surface area contributed by atoms with Crippen LogP contribution in [0.25, 0.3) is 0 Å². The maximum Gasteiger partial charge on any atom is 0.260 e. The van der Waals surface area contributed by atoms with Crippen molar-refractivity contribution >= 4 is 11.8 Å². The van der Waals surface area contributed by atoms with E-state index in [1.54, 1.807) is 29.2 Å². The van der Waals surface area contributed by atoms with Gasteiger partial charge in [0.05, 0.1) is 18.2 Å². The Bertz CT molecular complexity index is 953. The lowest BCUT2D eigenvalue weighted by Gasteiger charge is -2.61. The van der Waals surface area contributed by atoms with E-state index in [4.69, 9.17) is 0 Å². The van der Waals surface area contributed by atoms with E-state index in [1.807, 2.05) is 0 Å². The van der Waals surface area contributed by atoms with Gasteiger partial charge in [-0.15, -0.1) is 0 Å². The number of benzene rings is 1. The first-order valence-corrected chi connectivity index (χ1v) is 12.2. The Morgan fingerprint density at radius 1 is 1.09 bits per heavy atom. The molecule has 5 nitrogen and oxygen atoms in total. The van der Waals surface area contributed by atoms with Crippen LogP contribution in [0.5, 0.6) is 0 Å². The molecule has 172 valence electrons. The van der Waals surface area contributed by atoms with Gasteiger partial charge in [0.2, 0.25) is 5.91 Å². The summed E-state index contributed by atoms with van der Waals surface area (Å²) in [4.78, 5) is 28.3. The Labute approximate surface area is 190 Å². The molecular weight excluding hydrogens is 402 g/mol. The van der Waals surface area contributed by atoms with Crippen molar-refractivity contribution in [3.63, 3.8) is 0 Å². The van der Waals surface area contributed by atoms with Gasteiger partial charge in [-0.05, 0) is 92.7 Å². The second-order valence-electron chi connectivity index (χ2n) is 11.0. The molecule has 4 aliphatic rings. The van der Waals surface area contributed by atoms with Crippen molar-refractivity contribution in [3.05, 3.63) is 47.0 Å². The molecule has 1 saturated heterocycles. The number of aliphatic hydroxyl groups excluding tert-OH is 2. The molecule has 5 rings (SSSR count). The van der Waals surface area contributed by atoms with Gasteiger partial charge in [-0.2, -0.15) is 0 Å². The number of fused-ring (bicyclic) bond motifs is 5. The highest BCUT2D eigenvalue weighted by atomic mass is 16.3. The standard InChI is InChI=1S/C27H35NO4/c1-26-13-11-20(30)15-19(26)7-8-21-22(26)12-14-27(2)23(21)9-10-24(31)28(27)25(32)18-5-3-17(16-29)4-6-18/h3-7,20-23,29-30H,8-16H2,1-2H3/t20-,21+,22-,23-,26-,27-/m0/s1. The van der Waals surface area contributed by atoms with Crippen molar-refractivity contribution < 1.29 is 19.8 Å². The first kappa shape index (κ1) is 21.8. The van der Waals surface area contributed by atoms with E-state index in [-0.39, 0.29) is 29.9 Å². The highest BCUT2D eigenvalue weighted by molar-refractivity contribution is 6.05. The Hall–Kier alpha value is -1.98. The molecule has 1 heterocycles. The minimum absolute atomic E-state index is 0.0579. The summed E-state index contributed by atoms with van der Waals surface area (Å²) < 4.78 is 0. The molecule has 1 aromatic rings. The fourth-order valence-electron chi connectivity index (χ4n) is 7.65. The Balaban J connectivity index is 1.46. The van der Waals surface area contributed by atoms with E-state index in [1.165, 1.54) is 5.57 Å². The zero-order chi connectivity index (χ0) is 22.7. The van der Waals surface area contributed by atoms with Crippen molar-refractivity contribution in [2.75, 3.05) is 0 Å². The number of nitrogens with zero attached hydrogens (tertiary/aromatic N) is 1. The first-order chi connectivity index (χ1) is 15.3. The Morgan fingerprint density at radius 2 is 1.84 bits per heavy atom. The highest BCUT2D eigenvalue weighted by Gasteiger charge is 2.59. The molecule has 1 aliphatic heterocycles. The molecule has 0 radical (unpaired) electrons. The van der Waals surface area contributed by atoms with Crippen LogP contribution in [0.1, 0.15) is 81.1 Å². The first-order valence-electron chi connectivity index (χ1n) is 12.2. The number of aliphatic hydroxyl groups is 2. The van der Waals surface area contributed by atoms with E-state index in [9.17, 15) is 19.8 Å². The molecule has 0 bridgehead atoms. The van der Waals surface area contributed by atoms with Gasteiger partial charge in [0.1, 0.15) is 0 Å². The van der Waals surface area contributed by atoms with Crippen molar-refractivity contribution in [1.29, 1.82) is 0 Å². The van der Waals surface area contributed by atoms with Crippen LogP contribution < -0.4 is 0 Å². The molecule has 0 spiro atoms. The lowest BCUT2D eigenvalue weighted by Crippen LogP contribution is -2.65. The van der Waals surface area contributed by atoms with E-state index in [0.717, 1.165) is 50.5 Å². The molecule has 32 heavy (non-hydrogen) atoms. The predicted molar refractivity (Wildman–Crippen MR) is 122 cm³/mol. The lowest BCUT2D eigenvalue weighted by atomic mass is 9.48. The summed E-state index contributed by atoms with van der Waals surface area (Å²) in [5.74, 6) is 1.07. The number of carbonyl (C=O) groups excluding carboxylic acids is 2. The van der Waals surface area contributed by atoms with Gasteiger partial charge in [-0.1, -0.05) is 30.7 Å². The van der Waals surface area contributed by atoms with E-state index < -0.39 is 5.54 Å². The van der Waals surface area contributed by atoms with Crippen molar-refractivity contribution in [1.82, 2.24) is 4.90 Å². The normalized spacial score (nSPS) is 38.9. The number of allylic oxidation sites excluding steroid dienone is 1. The fourth-order valence-corrected chi connectivity index (χ4v) is 7.65. The molecule has 3 aliphatic carbocycles. The molecule has 2 N–H and O–H groups in total. The molecule has 3 fully saturated rings. The fraction of sp³-hybridized carbons (Fsp3) is 0.630. The number of likely N-dealkylation sites (tertiary alicyclic amines) is 1. The molecule has 5 heteroatoms. The van der Waals surface area contributed by atoms with Gasteiger partial charge in [-0.25, -0.2) is 0 Å². The summed E-state index contributed by atoms with van der Waals surface area (Å²) >= 11 is 0. The van der Waals surface area contributed by atoms with Crippen LogP contribution >= 0.6 is 0 Å². The average Bonchev–Trinajstić information content (AvgIpc) is 2.78. The van der Waals surface area contributed by atoms with Crippen LogP contribution in [0.15, 0.2) is 35.9 Å². The minimum Gasteiger partial charge on any atom is -0.393 e. The number of hydrogen-bond acceptors (Lipinski definition) is 4. The third kappa shape index (κ3) is 3.19. The zero-order valence-electron chi connectivity index (χ0n) is 19.2. The molecule has 2 amide bonds. The van der Waals surface area contributed by atoms with Gasteiger partial charge in [0.15, 0.2) is 0 Å². The Kier molecular flexibility index (Phi) is 5.33. The topological polar surface area (TPSA) is 77.8 Å². The van der Waals surface area contributed by atoms with Crippen molar-refractivity contribution in [3.8, 4) is 0 Å². The zero-order valence-corrected chi connectivity index (χ0v) is 19.2. The molecule has 2 saturated carbocycles. The summed E-state index contributed by atoms with van der Waals surface area (Å²) in [5.41, 5.74) is 2.38. The van der Waals surface area contributed by atoms with Crippen LogP contribution in [0.2, 0.25) is 0 Å². The smallest absolute Gasteiger partial charge is 0.260 e. The van der Waals surface area contributed by atoms with Crippen LogP contribution in [-0.2, 0) is 11.4 Å². The van der Waals surface area contributed by atoms with E-state index >= 15 is 0 Å². The maximum absolute atomic E-state index is 13.6. The van der Waals surface area contributed by atoms with Crippen molar-refractivity contribution in [2.24, 2.45) is 23.2 Å². The molecular formula is C27H35NO4. The van der Waals surface area contributed by atoms with Gasteiger partial charge in [-0.3, -0.25) is 14.5 Å². The maximum atomic E-state index is 13.6. The van der Waals surface area contributed by atoms with Gasteiger partial charge in [0.25, 0.3) is 5.91 Å². The van der Waals surface area contributed by atoms with Gasteiger partial charge < -0.3 is 10.2 Å². The third-order valence-electron chi connectivity index (χ3n) is 9.45. The summed E-state index contributed by atoms with van der Waals surface area (Å²) in [5, 5.41) is 19.5. The molecule has 1 aromatic carbocycles. The van der Waals surface area contributed by atoms with Crippen LogP contribution in [0.3, 0.4) is 0 Å². The number of imide groups is 1. The number of piperidine rings is 1. The largest absolute Gasteiger partial charge is 0.393 e. The second-order valence-corrected chi connectivity index (χ2v) is 11.0. The number of amides is 2. The summed E-state index contributed by atoms with van der Waals surface area (Å²) in [6.07, 6.45) is 9.00. The molecule has 6 atom stereocenters. The number of rotatable bonds is 2. The van der Waals surface area contributed by atoms with Crippen LogP contribution in [0, 0.1) is 23.2 Å². The molecule has 0 unspecified atom stereocenters. The minimum atomic E-state index is -0.459. The number of carbonyl (C=O) groups is 2. The predicted octanol–water partition coefficient (Wildman–Crippen LogP) is 4.22. The van der Waals surface area contributed by atoms with E-state index in [2.05, 4.69) is 19.9 Å². The van der Waals surface area contributed by atoms with Crippen molar-refractivity contribution in [2.45, 2.75) is 83.5 Å². The molecule has 0 aromatic heterocycles. The lowest BCUT2D eigenvalue weighted by molar-refractivity contribution is -0.150. The summed E-state index contributed by atoms with van der Waals surface area (Å²) in [7, 11) is 0. The third-order valence-corrected chi connectivity index (χ3v) is 9.45. The van der Waals surface area contributed by atoms with E-state index in [0.29, 0.717) is 29.7 Å². The highest BCUT2D eigenvalue weighted by Crippen LogP contribution is 2.61. The summed E-state index contributed by atoms with van der Waals surface area (Å²) in [6, 6.07) is 6.96. The van der Waals surface area contributed by atoms with Gasteiger partial charge >= 0.3 is 0 Å². The average molecular weight is 438 g/mol. The monoisotopic (exact) mass is 437 g/mol. The van der Waals surface area contributed by atoms with Gasteiger partial charge in [0, 0.05) is 12.0 Å². The van der Waals surface area contributed by atoms with Crippen LogP contribution in [0.4, 0.5) is 0 Å². The number of hydrogen-bond donors (Lipinski definition) is 2. The SMILES string of the molecule is C[C@]12CC[C@H](O)CC1=CC[C@@H]1[C@@H]2CC[C@@]2(C)[C@H]1CCC(=O)N2C(=O)c1ccc(CO)cc1. The second kappa shape index (κ2) is 7.81. The van der Waals surface area contributed by atoms with Crippen LogP contribution in [-0.4, -0.2) is 38.6 Å². The quantitative estimate of drug-likeness (QED) is 0.536.